The Bertz CT molecular complexity index is 981. The van der Waals surface area contributed by atoms with Crippen LogP contribution < -0.4 is 0 Å². The highest BCUT2D eigenvalue weighted by molar-refractivity contribution is 6.26. The molecular weight excluding hydrogens is 623 g/mol. The monoisotopic (exact) mass is 668 g/mol. The third-order valence-electron chi connectivity index (χ3n) is 8.28. The van der Waals surface area contributed by atoms with Crippen molar-refractivity contribution in [3.8, 4) is 0 Å². The maximum Gasteiger partial charge on any atom is 0.344 e. The smallest absolute Gasteiger partial charge is 0.344 e. The van der Waals surface area contributed by atoms with Crippen molar-refractivity contribution in [2.75, 3.05) is 25.0 Å². The minimum absolute atomic E-state index is 0.0932. The van der Waals surface area contributed by atoms with E-state index in [4.69, 9.17) is 42.1 Å². The molecule has 0 saturated heterocycles. The lowest BCUT2D eigenvalue weighted by Crippen LogP contribution is -2.44. The molecule has 2 aliphatic carbocycles. The standard InChI is InChI=1S/C16H24O8.C14H22Cl2O4/c1-15(2,23-13(19)8-21-10-17)12-4-6-16(3,7-5-12)24-14(20)9-22-11-18;1-13(2,19-11(17)8-15)10-4-6-14(3,7-5-10)20-12(18)9-16/h10-12H,4-9H2,1-3H3;10H,4-9H2,1-3H3. The molecule has 44 heavy (non-hydrogen) atoms. The fraction of sp³-hybridized carbons (Fsp3) is 0.800. The lowest BCUT2D eigenvalue weighted by atomic mass is 9.73. The second-order valence-electron chi connectivity index (χ2n) is 12.6. The van der Waals surface area contributed by atoms with Crippen molar-refractivity contribution in [2.45, 2.75) is 115 Å². The second-order valence-corrected chi connectivity index (χ2v) is 13.2. The molecule has 252 valence electrons. The Labute approximate surface area is 269 Å². The quantitative estimate of drug-likeness (QED) is 0.111. The number of hydrogen-bond donors (Lipinski definition) is 0. The van der Waals surface area contributed by atoms with Gasteiger partial charge in [0.25, 0.3) is 12.9 Å². The number of carbonyl (C=O) groups excluding carboxylic acids is 6. The van der Waals surface area contributed by atoms with Gasteiger partial charge in [-0.3, -0.25) is 19.2 Å². The maximum atomic E-state index is 11.6. The largest absolute Gasteiger partial charge is 0.458 e. The van der Waals surface area contributed by atoms with Crippen molar-refractivity contribution in [2.24, 2.45) is 11.8 Å². The van der Waals surface area contributed by atoms with Crippen molar-refractivity contribution in [1.82, 2.24) is 0 Å². The van der Waals surface area contributed by atoms with E-state index in [1.54, 1.807) is 0 Å². The zero-order chi connectivity index (χ0) is 33.6. The average molecular weight is 670 g/mol. The van der Waals surface area contributed by atoms with Gasteiger partial charge in [-0.15, -0.1) is 23.2 Å². The molecule has 0 N–H and O–H groups in total. The summed E-state index contributed by atoms with van der Waals surface area (Å²) >= 11 is 10.9. The Balaban J connectivity index is 0.000000447. The number of hydrogen-bond acceptors (Lipinski definition) is 12. The van der Waals surface area contributed by atoms with E-state index in [2.05, 4.69) is 9.47 Å². The Morgan fingerprint density at radius 1 is 0.636 bits per heavy atom. The first-order valence-corrected chi connectivity index (χ1v) is 15.6. The third kappa shape index (κ3) is 13.6. The van der Waals surface area contributed by atoms with Crippen molar-refractivity contribution in [3.05, 3.63) is 0 Å². The molecule has 0 unspecified atom stereocenters. The molecule has 0 aromatic heterocycles. The van der Waals surface area contributed by atoms with Gasteiger partial charge in [0, 0.05) is 0 Å². The molecule has 14 heteroatoms. The van der Waals surface area contributed by atoms with E-state index in [0.717, 1.165) is 25.7 Å². The molecule has 2 aliphatic rings. The lowest BCUT2D eigenvalue weighted by molar-refractivity contribution is -0.177. The summed E-state index contributed by atoms with van der Waals surface area (Å²) in [5.74, 6) is -1.91. The Hall–Kier alpha value is -2.60. The molecule has 2 rings (SSSR count). The molecule has 2 fully saturated rings. The predicted molar refractivity (Wildman–Crippen MR) is 159 cm³/mol. The van der Waals surface area contributed by atoms with Crippen LogP contribution in [0.2, 0.25) is 0 Å². The van der Waals surface area contributed by atoms with Crippen molar-refractivity contribution < 1.29 is 57.2 Å². The number of rotatable bonds is 14. The summed E-state index contributed by atoms with van der Waals surface area (Å²) in [5, 5.41) is 0. The van der Waals surface area contributed by atoms with Crippen molar-refractivity contribution in [3.63, 3.8) is 0 Å². The number of esters is 4. The highest BCUT2D eigenvalue weighted by Crippen LogP contribution is 2.42. The van der Waals surface area contributed by atoms with Gasteiger partial charge < -0.3 is 28.4 Å². The van der Waals surface area contributed by atoms with Crippen LogP contribution in [0, 0.1) is 11.8 Å². The van der Waals surface area contributed by atoms with Gasteiger partial charge >= 0.3 is 23.9 Å². The Kier molecular flexibility index (Phi) is 15.9. The van der Waals surface area contributed by atoms with Gasteiger partial charge in [0.1, 0.15) is 34.2 Å². The maximum absolute atomic E-state index is 11.6. The number of alkyl halides is 2. The first-order chi connectivity index (χ1) is 20.4. The highest BCUT2D eigenvalue weighted by Gasteiger charge is 2.43. The molecule has 0 radical (unpaired) electrons. The van der Waals surface area contributed by atoms with Crippen LogP contribution in [-0.2, 0) is 57.2 Å². The summed E-state index contributed by atoms with van der Waals surface area (Å²) in [6.45, 7) is 10.8. The molecule has 12 nitrogen and oxygen atoms in total. The topological polar surface area (TPSA) is 158 Å². The summed E-state index contributed by atoms with van der Waals surface area (Å²) in [7, 11) is 0. The van der Waals surface area contributed by atoms with E-state index in [-0.39, 0.29) is 42.5 Å². The first kappa shape index (κ1) is 39.4. The summed E-state index contributed by atoms with van der Waals surface area (Å²) in [6, 6.07) is 0. The van der Waals surface area contributed by atoms with Crippen molar-refractivity contribution >= 4 is 60.0 Å². The Morgan fingerprint density at radius 2 is 0.977 bits per heavy atom. The van der Waals surface area contributed by atoms with E-state index >= 15 is 0 Å². The van der Waals surface area contributed by atoms with Crippen LogP contribution in [-0.4, -0.2) is 84.2 Å². The van der Waals surface area contributed by atoms with Crippen LogP contribution in [0.5, 0.6) is 0 Å². The summed E-state index contributed by atoms with van der Waals surface area (Å²) in [5.41, 5.74) is -2.35. The summed E-state index contributed by atoms with van der Waals surface area (Å²) < 4.78 is 30.3. The zero-order valence-electron chi connectivity index (χ0n) is 26.4. The van der Waals surface area contributed by atoms with Gasteiger partial charge in [0.15, 0.2) is 13.2 Å². The first-order valence-electron chi connectivity index (χ1n) is 14.5. The molecule has 2 saturated carbocycles. The molecule has 0 heterocycles. The molecule has 0 bridgehead atoms. The van der Waals surface area contributed by atoms with E-state index < -0.39 is 53.5 Å². The van der Waals surface area contributed by atoms with Gasteiger partial charge in [-0.2, -0.15) is 0 Å². The van der Waals surface area contributed by atoms with E-state index in [0.29, 0.717) is 25.7 Å². The molecular formula is C30H46Cl2O12. The van der Waals surface area contributed by atoms with E-state index in [1.165, 1.54) is 0 Å². The average Bonchev–Trinajstić information content (AvgIpc) is 2.94. The summed E-state index contributed by atoms with van der Waals surface area (Å²) in [6.07, 6.45) is 5.75. The van der Waals surface area contributed by atoms with E-state index in [9.17, 15) is 28.8 Å². The number of halogens is 2. The minimum Gasteiger partial charge on any atom is -0.458 e. The molecule has 0 aromatic carbocycles. The fourth-order valence-electron chi connectivity index (χ4n) is 5.67. The third-order valence-corrected chi connectivity index (χ3v) is 8.72. The molecule has 0 aromatic rings. The lowest BCUT2D eigenvalue weighted by Gasteiger charge is -2.42. The van der Waals surface area contributed by atoms with Crippen LogP contribution in [0.3, 0.4) is 0 Å². The number of ether oxygens (including phenoxy) is 6. The molecule has 0 amide bonds. The zero-order valence-corrected chi connectivity index (χ0v) is 28.0. The SMILES string of the molecule is CC1(OC(=O)CCl)CCC(C(C)(C)OC(=O)CCl)CC1.CC1(OC(=O)COC=O)CCC(C(C)(C)OC(=O)COC=O)CC1. The van der Waals surface area contributed by atoms with Crippen LogP contribution in [0.1, 0.15) is 92.9 Å². The van der Waals surface area contributed by atoms with Crippen LogP contribution >= 0.6 is 23.2 Å². The van der Waals surface area contributed by atoms with Crippen LogP contribution in [0.25, 0.3) is 0 Å². The van der Waals surface area contributed by atoms with E-state index in [1.807, 2.05) is 41.5 Å². The summed E-state index contributed by atoms with van der Waals surface area (Å²) in [4.78, 5) is 66.0. The normalized spacial score (nSPS) is 25.2. The van der Waals surface area contributed by atoms with Crippen LogP contribution in [0.15, 0.2) is 0 Å². The molecule has 0 spiro atoms. The minimum atomic E-state index is -0.713. The molecule has 0 atom stereocenters. The van der Waals surface area contributed by atoms with Gasteiger partial charge in [0.2, 0.25) is 0 Å². The van der Waals surface area contributed by atoms with Crippen LogP contribution in [0.4, 0.5) is 0 Å². The highest BCUT2D eigenvalue weighted by atomic mass is 35.5. The van der Waals surface area contributed by atoms with Gasteiger partial charge in [-0.25, -0.2) is 9.59 Å². The fourth-order valence-corrected chi connectivity index (χ4v) is 5.78. The second kappa shape index (κ2) is 17.8. The van der Waals surface area contributed by atoms with Crippen molar-refractivity contribution in [1.29, 1.82) is 0 Å². The predicted octanol–water partition coefficient (Wildman–Crippen LogP) is 4.42. The molecule has 0 aliphatic heterocycles. The van der Waals surface area contributed by atoms with Gasteiger partial charge in [-0.1, -0.05) is 0 Å². The van der Waals surface area contributed by atoms with Gasteiger partial charge in [0.05, 0.1) is 0 Å². The Morgan fingerprint density at radius 3 is 1.34 bits per heavy atom. The number of carbonyl (C=O) groups is 6. The van der Waals surface area contributed by atoms with Gasteiger partial charge in [-0.05, 0) is 105 Å².